The number of carbonyl (C=O) groups excluding carboxylic acids is 7. The average Bonchev–Trinajstić information content (AvgIpc) is 3.01. The maximum Gasteiger partial charge on any atom is 0.310 e. The first-order valence-electron chi connectivity index (χ1n) is 14.8. The lowest BCUT2D eigenvalue weighted by Gasteiger charge is -2.23. The average molecular weight is 686 g/mol. The molecule has 0 radical (unpaired) electrons. The Balaban J connectivity index is 1.97. The van der Waals surface area contributed by atoms with E-state index in [9.17, 15) is 48.8 Å². The molecule has 0 saturated carbocycles. The number of nitrogens with two attached hydrogens (primary N) is 3. The molecule has 3 atom stereocenters. The molecular formula is C30H39N9O10. The molecule has 0 unspecified atom stereocenters. The van der Waals surface area contributed by atoms with Gasteiger partial charge in [0.25, 0.3) is 5.91 Å². The monoisotopic (exact) mass is 685 g/mol. The number of carbonyl (C=O) groups is 7. The molecule has 0 aromatic heterocycles. The molecule has 0 aliphatic rings. The van der Waals surface area contributed by atoms with E-state index in [0.29, 0.717) is 0 Å². The van der Waals surface area contributed by atoms with E-state index in [-0.39, 0.29) is 35.6 Å². The van der Waals surface area contributed by atoms with E-state index in [2.05, 4.69) is 26.6 Å². The molecule has 0 bridgehead atoms. The number of anilines is 1. The summed E-state index contributed by atoms with van der Waals surface area (Å²) in [5.74, 6) is -6.69. The number of phenols is 1. The number of nitro benzene ring substituents is 1. The number of benzene rings is 2. The second kappa shape index (κ2) is 18.2. The molecule has 0 aliphatic carbocycles. The summed E-state index contributed by atoms with van der Waals surface area (Å²) < 4.78 is 0. The van der Waals surface area contributed by atoms with Gasteiger partial charge in [-0.2, -0.15) is 0 Å². The standard InChI is InChI=1S/C30H39N9O10/c1-15(2)9-20(30(47)37-19(27(33)44)10-16-7-8-23(40)22(11-16)39(48)49)36-26(43)14-34-25(42)13-35-29(46)21(12-24(32)41)38-28(45)17-5-3-4-6-18(17)31/h3-8,11,15,19-21,40H,9-10,12-14,31H2,1-2H3,(H2,32,41)(H2,33,44)(H,34,42)(H,35,46)(H,36,43)(H,37,47)(H,38,45)/t19-,20-,21-/m0/s1. The summed E-state index contributed by atoms with van der Waals surface area (Å²) in [5.41, 5.74) is 16.2. The molecule has 0 fully saturated rings. The van der Waals surface area contributed by atoms with E-state index in [4.69, 9.17) is 17.2 Å². The maximum absolute atomic E-state index is 13.1. The largest absolute Gasteiger partial charge is 0.502 e. The van der Waals surface area contributed by atoms with Crippen LogP contribution in [0.2, 0.25) is 0 Å². The summed E-state index contributed by atoms with van der Waals surface area (Å²) in [6, 6.07) is 5.46. The molecule has 2 rings (SSSR count). The number of hydrogen-bond acceptors (Lipinski definition) is 11. The molecule has 12 N–H and O–H groups in total. The van der Waals surface area contributed by atoms with E-state index < -0.39 is 95.3 Å². The van der Waals surface area contributed by atoms with Gasteiger partial charge < -0.3 is 48.9 Å². The van der Waals surface area contributed by atoms with Crippen molar-refractivity contribution in [1.29, 1.82) is 0 Å². The van der Waals surface area contributed by atoms with Crippen LogP contribution in [0.15, 0.2) is 42.5 Å². The molecule has 19 nitrogen and oxygen atoms in total. The molecule has 0 heterocycles. The number of hydrogen-bond donors (Lipinski definition) is 9. The van der Waals surface area contributed by atoms with Gasteiger partial charge in [-0.3, -0.25) is 43.7 Å². The number of rotatable bonds is 18. The van der Waals surface area contributed by atoms with Crippen LogP contribution in [0.3, 0.4) is 0 Å². The third kappa shape index (κ3) is 12.8. The minimum Gasteiger partial charge on any atom is -0.502 e. The van der Waals surface area contributed by atoms with Crippen LogP contribution in [0.4, 0.5) is 11.4 Å². The van der Waals surface area contributed by atoms with E-state index in [0.717, 1.165) is 12.1 Å². The SMILES string of the molecule is CC(C)C[C@H](NC(=O)CNC(=O)CNC(=O)[C@H](CC(N)=O)NC(=O)c1ccccc1N)C(=O)N[C@@H](Cc1ccc(O)c([N+](=O)[O-])c1)C(N)=O. The van der Waals surface area contributed by atoms with Crippen LogP contribution >= 0.6 is 0 Å². The number of aromatic hydroxyl groups is 1. The van der Waals surface area contributed by atoms with Crippen LogP contribution in [0.1, 0.15) is 42.6 Å². The van der Waals surface area contributed by atoms with Crippen molar-refractivity contribution in [1.82, 2.24) is 26.6 Å². The molecule has 19 heteroatoms. The number of nitrogen functional groups attached to an aromatic ring is 1. The predicted molar refractivity (Wildman–Crippen MR) is 173 cm³/mol. The number of primary amides is 2. The smallest absolute Gasteiger partial charge is 0.310 e. The second-order valence-electron chi connectivity index (χ2n) is 11.3. The van der Waals surface area contributed by atoms with Gasteiger partial charge in [-0.25, -0.2) is 0 Å². The molecule has 2 aromatic carbocycles. The Morgan fingerprint density at radius 1 is 0.837 bits per heavy atom. The lowest BCUT2D eigenvalue weighted by Crippen LogP contribution is -2.55. The number of para-hydroxylation sites is 1. The van der Waals surface area contributed by atoms with Gasteiger partial charge in [0.1, 0.15) is 18.1 Å². The van der Waals surface area contributed by atoms with Crippen LogP contribution in [0.25, 0.3) is 0 Å². The van der Waals surface area contributed by atoms with Crippen molar-refractivity contribution < 1.29 is 43.6 Å². The quantitative estimate of drug-likeness (QED) is 0.0462. The van der Waals surface area contributed by atoms with E-state index in [1.54, 1.807) is 26.0 Å². The fourth-order valence-corrected chi connectivity index (χ4v) is 4.40. The van der Waals surface area contributed by atoms with Crippen molar-refractivity contribution >= 4 is 52.7 Å². The zero-order valence-electron chi connectivity index (χ0n) is 26.7. The Labute approximate surface area is 279 Å². The lowest BCUT2D eigenvalue weighted by atomic mass is 10.0. The summed E-state index contributed by atoms with van der Waals surface area (Å²) >= 11 is 0. The third-order valence-corrected chi connectivity index (χ3v) is 6.80. The number of phenolic OH excluding ortho intramolecular Hbond substituents is 1. The Kier molecular flexibility index (Phi) is 14.4. The van der Waals surface area contributed by atoms with Gasteiger partial charge in [0.05, 0.1) is 30.0 Å². The Bertz CT molecular complexity index is 1600. The Morgan fingerprint density at radius 2 is 1.49 bits per heavy atom. The Hall–Kier alpha value is -6.27. The maximum atomic E-state index is 13.1. The fraction of sp³-hybridized carbons (Fsp3) is 0.367. The van der Waals surface area contributed by atoms with Crippen LogP contribution in [-0.4, -0.2) is 82.6 Å². The Morgan fingerprint density at radius 3 is 2.08 bits per heavy atom. The van der Waals surface area contributed by atoms with Crippen molar-refractivity contribution in [2.75, 3.05) is 18.8 Å². The van der Waals surface area contributed by atoms with Gasteiger partial charge in [0.2, 0.25) is 35.4 Å². The highest BCUT2D eigenvalue weighted by atomic mass is 16.6. The first kappa shape index (κ1) is 38.9. The van der Waals surface area contributed by atoms with Gasteiger partial charge in [0, 0.05) is 18.2 Å². The third-order valence-electron chi connectivity index (χ3n) is 6.80. The zero-order valence-corrected chi connectivity index (χ0v) is 26.7. The number of nitro groups is 1. The van der Waals surface area contributed by atoms with Gasteiger partial charge in [-0.05, 0) is 36.1 Å². The minimum absolute atomic E-state index is 0.0479. The van der Waals surface area contributed by atoms with E-state index >= 15 is 0 Å². The number of amides is 7. The van der Waals surface area contributed by atoms with Crippen LogP contribution < -0.4 is 43.8 Å². The van der Waals surface area contributed by atoms with Crippen molar-refractivity contribution in [2.24, 2.45) is 17.4 Å². The molecule has 0 aliphatic heterocycles. The van der Waals surface area contributed by atoms with Crippen molar-refractivity contribution in [3.63, 3.8) is 0 Å². The van der Waals surface area contributed by atoms with Crippen molar-refractivity contribution in [2.45, 2.75) is 51.2 Å². The first-order valence-corrected chi connectivity index (χ1v) is 14.8. The van der Waals surface area contributed by atoms with E-state index in [1.165, 1.54) is 18.2 Å². The van der Waals surface area contributed by atoms with Gasteiger partial charge in [-0.1, -0.05) is 32.0 Å². The van der Waals surface area contributed by atoms with Crippen molar-refractivity contribution in [3.8, 4) is 5.75 Å². The predicted octanol–water partition coefficient (Wildman–Crippen LogP) is -2.17. The number of nitrogens with one attached hydrogen (secondary N) is 5. The topological polar surface area (TPSA) is 321 Å². The highest BCUT2D eigenvalue weighted by molar-refractivity contribution is 6.02. The molecule has 264 valence electrons. The van der Waals surface area contributed by atoms with E-state index in [1.807, 2.05) is 0 Å². The van der Waals surface area contributed by atoms with Crippen LogP contribution in [-0.2, 0) is 35.2 Å². The molecule has 0 spiro atoms. The molecule has 2 aromatic rings. The lowest BCUT2D eigenvalue weighted by molar-refractivity contribution is -0.385. The summed E-state index contributed by atoms with van der Waals surface area (Å²) in [6.45, 7) is 2.25. The minimum atomic E-state index is -1.44. The highest BCUT2D eigenvalue weighted by Crippen LogP contribution is 2.26. The normalized spacial score (nSPS) is 12.5. The highest BCUT2D eigenvalue weighted by Gasteiger charge is 2.28. The summed E-state index contributed by atoms with van der Waals surface area (Å²) in [5, 5.41) is 32.5. The summed E-state index contributed by atoms with van der Waals surface area (Å²) in [7, 11) is 0. The van der Waals surface area contributed by atoms with Gasteiger partial charge >= 0.3 is 5.69 Å². The van der Waals surface area contributed by atoms with Crippen molar-refractivity contribution in [3.05, 3.63) is 63.7 Å². The first-order chi connectivity index (χ1) is 23.0. The summed E-state index contributed by atoms with van der Waals surface area (Å²) in [4.78, 5) is 97.3. The van der Waals surface area contributed by atoms with Crippen LogP contribution in [0.5, 0.6) is 5.75 Å². The van der Waals surface area contributed by atoms with Crippen LogP contribution in [0, 0.1) is 16.0 Å². The van der Waals surface area contributed by atoms with Gasteiger partial charge in [-0.15, -0.1) is 0 Å². The zero-order chi connectivity index (χ0) is 36.8. The molecular weight excluding hydrogens is 646 g/mol. The second-order valence-corrected chi connectivity index (χ2v) is 11.3. The summed E-state index contributed by atoms with van der Waals surface area (Å²) in [6.07, 6.45) is -0.727. The molecule has 7 amide bonds. The molecule has 49 heavy (non-hydrogen) atoms. The molecule has 0 saturated heterocycles. The number of nitrogens with zero attached hydrogens (tertiary/aromatic N) is 1. The van der Waals surface area contributed by atoms with Gasteiger partial charge in [0.15, 0.2) is 5.75 Å². The fourth-order valence-electron chi connectivity index (χ4n) is 4.40.